The highest BCUT2D eigenvalue weighted by Crippen LogP contribution is 2.38. The molecule has 1 aromatic carbocycles. The minimum atomic E-state index is -0.483. The summed E-state index contributed by atoms with van der Waals surface area (Å²) in [5.41, 5.74) is 1.26. The number of hydrogen-bond acceptors (Lipinski definition) is 4. The number of non-ortho nitro benzene ring substituents is 1. The van der Waals surface area contributed by atoms with E-state index >= 15 is 0 Å². The van der Waals surface area contributed by atoms with Gasteiger partial charge in [-0.15, -0.1) is 0 Å². The Labute approximate surface area is 78.2 Å². The molecule has 1 radical (unpaired) electrons. The third-order valence-electron chi connectivity index (χ3n) is 1.66. The van der Waals surface area contributed by atoms with Crippen LogP contribution in [0.5, 0.6) is 0 Å². The van der Waals surface area contributed by atoms with Crippen LogP contribution >= 0.6 is 11.6 Å². The van der Waals surface area contributed by atoms with Crippen molar-refractivity contribution in [2.24, 2.45) is 10.2 Å². The predicted molar refractivity (Wildman–Crippen MR) is 45.8 cm³/mol. The molecule has 2 rings (SSSR count). The molecule has 1 aromatic rings. The fourth-order valence-corrected chi connectivity index (χ4v) is 1.23. The van der Waals surface area contributed by atoms with E-state index in [4.69, 9.17) is 11.6 Å². The smallest absolute Gasteiger partial charge is 0.258 e. The van der Waals surface area contributed by atoms with E-state index in [1.54, 1.807) is 0 Å². The Morgan fingerprint density at radius 2 is 2.15 bits per heavy atom. The van der Waals surface area contributed by atoms with Crippen molar-refractivity contribution in [1.29, 1.82) is 0 Å². The van der Waals surface area contributed by atoms with Gasteiger partial charge in [-0.2, -0.15) is 10.2 Å². The molecule has 0 aliphatic carbocycles. The number of azo groups is 1. The van der Waals surface area contributed by atoms with E-state index in [1.807, 2.05) is 0 Å². The minimum Gasteiger partial charge on any atom is -0.258 e. The summed E-state index contributed by atoms with van der Waals surface area (Å²) in [7, 11) is 0. The van der Waals surface area contributed by atoms with Crippen LogP contribution in [0.1, 0.15) is 5.56 Å². The summed E-state index contributed by atoms with van der Waals surface area (Å²) in [6.45, 7) is 0. The van der Waals surface area contributed by atoms with Crippen LogP contribution in [-0.4, -0.2) is 4.92 Å². The van der Waals surface area contributed by atoms with Crippen LogP contribution in [0.4, 0.5) is 11.4 Å². The van der Waals surface area contributed by atoms with Crippen molar-refractivity contribution < 1.29 is 4.92 Å². The molecule has 1 aliphatic heterocycles. The Bertz CT molecular complexity index is 405. The van der Waals surface area contributed by atoms with Crippen LogP contribution in [0.15, 0.2) is 28.4 Å². The van der Waals surface area contributed by atoms with Gasteiger partial charge < -0.3 is 0 Å². The lowest BCUT2D eigenvalue weighted by Gasteiger charge is -1.96. The molecule has 0 unspecified atom stereocenters. The number of fused-ring (bicyclic) bond motifs is 1. The second kappa shape index (κ2) is 2.77. The molecular weight excluding hydrogens is 194 g/mol. The molecule has 0 saturated carbocycles. The van der Waals surface area contributed by atoms with Gasteiger partial charge in [0.1, 0.15) is 0 Å². The zero-order valence-electron chi connectivity index (χ0n) is 6.27. The molecule has 0 atom stereocenters. The molecule has 6 heteroatoms. The number of nitrogens with zero attached hydrogens (tertiary/aromatic N) is 3. The summed E-state index contributed by atoms with van der Waals surface area (Å²) in [5.74, 6) is 0. The van der Waals surface area contributed by atoms with Gasteiger partial charge in [0.05, 0.1) is 10.6 Å². The summed E-state index contributed by atoms with van der Waals surface area (Å²) < 4.78 is 0. The molecule has 13 heavy (non-hydrogen) atoms. The van der Waals surface area contributed by atoms with E-state index in [0.29, 0.717) is 11.3 Å². The van der Waals surface area contributed by atoms with Crippen molar-refractivity contribution in [3.05, 3.63) is 39.4 Å². The van der Waals surface area contributed by atoms with Gasteiger partial charge in [-0.05, 0) is 6.07 Å². The van der Waals surface area contributed by atoms with Gasteiger partial charge in [0.2, 0.25) is 5.50 Å². The maximum atomic E-state index is 10.4. The topological polar surface area (TPSA) is 67.9 Å². The van der Waals surface area contributed by atoms with Crippen LogP contribution in [-0.2, 0) is 0 Å². The lowest BCUT2D eigenvalue weighted by Crippen LogP contribution is -1.89. The Morgan fingerprint density at radius 1 is 1.38 bits per heavy atom. The number of rotatable bonds is 1. The van der Waals surface area contributed by atoms with E-state index in [2.05, 4.69) is 10.2 Å². The van der Waals surface area contributed by atoms with Gasteiger partial charge in [-0.25, -0.2) is 0 Å². The maximum Gasteiger partial charge on any atom is 0.269 e. The SMILES string of the molecule is O=[N+]([O-])c1ccc2c(c1)[C](Cl)N=N2. The van der Waals surface area contributed by atoms with Crippen molar-refractivity contribution >= 4 is 23.0 Å². The van der Waals surface area contributed by atoms with Gasteiger partial charge in [-0.1, -0.05) is 11.6 Å². The van der Waals surface area contributed by atoms with Gasteiger partial charge >= 0.3 is 0 Å². The van der Waals surface area contributed by atoms with E-state index in [0.717, 1.165) is 0 Å². The van der Waals surface area contributed by atoms with Crippen molar-refractivity contribution in [3.8, 4) is 0 Å². The normalized spacial score (nSPS) is 14.5. The predicted octanol–water partition coefficient (Wildman–Crippen LogP) is 2.77. The van der Waals surface area contributed by atoms with Gasteiger partial charge in [-0.3, -0.25) is 10.1 Å². The van der Waals surface area contributed by atoms with E-state index in [1.165, 1.54) is 18.2 Å². The Hall–Kier alpha value is -1.49. The molecule has 0 amide bonds. The van der Waals surface area contributed by atoms with Crippen LogP contribution in [0.2, 0.25) is 0 Å². The molecule has 0 fully saturated rings. The lowest BCUT2D eigenvalue weighted by atomic mass is 10.2. The average Bonchev–Trinajstić information content (AvgIpc) is 2.47. The standard InChI is InChI=1S/C7H3ClN3O2/c8-7-5-3-4(11(12)13)1-2-6(5)9-10-7/h1-3H. The summed E-state index contributed by atoms with van der Waals surface area (Å²) >= 11 is 5.65. The zero-order valence-corrected chi connectivity index (χ0v) is 7.02. The number of benzene rings is 1. The summed E-state index contributed by atoms with van der Waals surface area (Å²) in [6.07, 6.45) is 0. The Balaban J connectivity index is 2.51. The molecule has 1 heterocycles. The van der Waals surface area contributed by atoms with E-state index < -0.39 is 4.92 Å². The Morgan fingerprint density at radius 3 is 2.85 bits per heavy atom. The summed E-state index contributed by atoms with van der Waals surface area (Å²) in [5, 5.41) is 17.7. The highest BCUT2D eigenvalue weighted by atomic mass is 35.5. The molecular formula is C7H3ClN3O2. The highest BCUT2D eigenvalue weighted by molar-refractivity contribution is 6.29. The quantitative estimate of drug-likeness (QED) is 0.394. The first-order chi connectivity index (χ1) is 6.18. The van der Waals surface area contributed by atoms with Gasteiger partial charge in [0.25, 0.3) is 5.69 Å². The van der Waals surface area contributed by atoms with Crippen LogP contribution in [0.3, 0.4) is 0 Å². The Kier molecular flexibility index (Phi) is 1.73. The zero-order chi connectivity index (χ0) is 9.42. The number of halogens is 1. The summed E-state index contributed by atoms with van der Waals surface area (Å²) in [6, 6.07) is 4.25. The molecule has 0 spiro atoms. The van der Waals surface area contributed by atoms with Crippen molar-refractivity contribution in [2.45, 2.75) is 0 Å². The first-order valence-corrected chi connectivity index (χ1v) is 3.79. The first-order valence-electron chi connectivity index (χ1n) is 3.41. The molecule has 0 N–H and O–H groups in total. The van der Waals surface area contributed by atoms with E-state index in [-0.39, 0.29) is 11.2 Å². The number of nitro groups is 1. The van der Waals surface area contributed by atoms with Gasteiger partial charge in [0, 0.05) is 17.7 Å². The molecule has 0 saturated heterocycles. The minimum absolute atomic E-state index is 0.01000. The molecule has 0 bridgehead atoms. The fraction of sp³-hybridized carbons (Fsp3) is 0. The molecule has 0 aromatic heterocycles. The fourth-order valence-electron chi connectivity index (χ4n) is 1.04. The van der Waals surface area contributed by atoms with Gasteiger partial charge in [0.15, 0.2) is 0 Å². The second-order valence-electron chi connectivity index (χ2n) is 2.45. The monoisotopic (exact) mass is 196 g/mol. The van der Waals surface area contributed by atoms with Crippen LogP contribution < -0.4 is 0 Å². The second-order valence-corrected chi connectivity index (χ2v) is 2.81. The maximum absolute atomic E-state index is 10.4. The average molecular weight is 197 g/mol. The number of nitro benzene ring substituents is 1. The highest BCUT2D eigenvalue weighted by Gasteiger charge is 2.22. The molecule has 5 nitrogen and oxygen atoms in total. The number of hydrogen-bond donors (Lipinski definition) is 0. The third kappa shape index (κ3) is 1.27. The van der Waals surface area contributed by atoms with Crippen molar-refractivity contribution in [1.82, 2.24) is 0 Å². The lowest BCUT2D eigenvalue weighted by molar-refractivity contribution is -0.384. The van der Waals surface area contributed by atoms with Crippen molar-refractivity contribution in [2.75, 3.05) is 0 Å². The summed E-state index contributed by atoms with van der Waals surface area (Å²) in [4.78, 5) is 9.92. The van der Waals surface area contributed by atoms with Crippen LogP contribution in [0, 0.1) is 15.6 Å². The van der Waals surface area contributed by atoms with E-state index in [9.17, 15) is 10.1 Å². The van der Waals surface area contributed by atoms with Crippen LogP contribution in [0.25, 0.3) is 0 Å². The molecule has 65 valence electrons. The molecule has 1 aliphatic rings. The third-order valence-corrected chi connectivity index (χ3v) is 1.94. The van der Waals surface area contributed by atoms with Crippen molar-refractivity contribution in [3.63, 3.8) is 0 Å². The largest absolute Gasteiger partial charge is 0.269 e. The first kappa shape index (κ1) is 8.12.